The lowest BCUT2D eigenvalue weighted by Crippen LogP contribution is -2.37. The number of carbonyl (C=O) groups excluding carboxylic acids is 2. The monoisotopic (exact) mass is 417 g/mol. The lowest BCUT2D eigenvalue weighted by Gasteiger charge is -2.27. The molecule has 8 nitrogen and oxygen atoms in total. The highest BCUT2D eigenvalue weighted by Gasteiger charge is 2.30. The second-order valence-corrected chi connectivity index (χ2v) is 7.95. The Hall–Kier alpha value is -3.81. The zero-order valence-electron chi connectivity index (χ0n) is 17.4. The predicted octanol–water partition coefficient (Wildman–Crippen LogP) is 3.26. The van der Waals surface area contributed by atoms with Gasteiger partial charge in [-0.2, -0.15) is 5.10 Å². The highest BCUT2D eigenvalue weighted by Crippen LogP contribution is 2.24. The van der Waals surface area contributed by atoms with Gasteiger partial charge in [-0.25, -0.2) is 0 Å². The molecule has 0 saturated heterocycles. The molecule has 4 aromatic rings. The van der Waals surface area contributed by atoms with Gasteiger partial charge in [0, 0.05) is 42.2 Å². The van der Waals surface area contributed by atoms with Crippen LogP contribution in [0.15, 0.2) is 46.9 Å². The molecule has 2 amide bonds. The number of carbonyl (C=O) groups is 2. The summed E-state index contributed by atoms with van der Waals surface area (Å²) in [5, 5.41) is 8.26. The Morgan fingerprint density at radius 1 is 1.23 bits per heavy atom. The molecule has 4 heterocycles. The topological polar surface area (TPSA) is 98.2 Å². The average Bonchev–Trinajstić information content (AvgIpc) is 3.49. The van der Waals surface area contributed by atoms with Crippen LogP contribution in [0.5, 0.6) is 0 Å². The summed E-state index contributed by atoms with van der Waals surface area (Å²) in [6.07, 6.45) is 0.628. The standard InChI is InChI=1S/C23H23N5O3/c1-14-7-8-16(31-14)12-27(2)23(30)21-17-13-28(10-9-19(17)25-26-21)22(29)20-11-15-5-3-4-6-18(15)24-20/h3-8,11,24H,9-10,12-13H2,1-2H3,(H,25,26). The van der Waals surface area contributed by atoms with Gasteiger partial charge in [0.1, 0.15) is 17.2 Å². The summed E-state index contributed by atoms with van der Waals surface area (Å²) in [4.78, 5) is 32.7. The number of amides is 2. The SMILES string of the molecule is Cc1ccc(CN(C)C(=O)c2n[nH]c3c2CN(C(=O)c2cc4ccccc4[nH]2)CC3)o1. The molecule has 0 unspecified atom stereocenters. The van der Waals surface area contributed by atoms with Crippen molar-refractivity contribution >= 4 is 22.7 Å². The Bertz CT molecular complexity index is 1250. The zero-order valence-corrected chi connectivity index (χ0v) is 17.4. The van der Waals surface area contributed by atoms with Crippen LogP contribution < -0.4 is 0 Å². The van der Waals surface area contributed by atoms with Crippen molar-refractivity contribution in [3.8, 4) is 0 Å². The first-order valence-corrected chi connectivity index (χ1v) is 10.2. The number of aromatic nitrogens is 3. The van der Waals surface area contributed by atoms with E-state index >= 15 is 0 Å². The Balaban J connectivity index is 1.35. The number of aromatic amines is 2. The van der Waals surface area contributed by atoms with Gasteiger partial charge in [0.25, 0.3) is 11.8 Å². The molecule has 8 heteroatoms. The molecule has 31 heavy (non-hydrogen) atoms. The third kappa shape index (κ3) is 3.50. The Morgan fingerprint density at radius 2 is 2.06 bits per heavy atom. The summed E-state index contributed by atoms with van der Waals surface area (Å²) in [5.74, 6) is 1.24. The van der Waals surface area contributed by atoms with Crippen LogP contribution in [0.4, 0.5) is 0 Å². The maximum absolute atomic E-state index is 13.1. The number of fused-ring (bicyclic) bond motifs is 2. The maximum atomic E-state index is 13.1. The number of rotatable bonds is 4. The first-order chi connectivity index (χ1) is 15.0. The Labute approximate surface area is 178 Å². The van der Waals surface area contributed by atoms with E-state index in [1.807, 2.05) is 49.4 Å². The molecule has 158 valence electrons. The van der Waals surface area contributed by atoms with Crippen molar-refractivity contribution < 1.29 is 14.0 Å². The zero-order chi connectivity index (χ0) is 21.5. The van der Waals surface area contributed by atoms with Gasteiger partial charge in [0.2, 0.25) is 0 Å². The van der Waals surface area contributed by atoms with E-state index < -0.39 is 0 Å². The summed E-state index contributed by atoms with van der Waals surface area (Å²) in [7, 11) is 1.72. The first kappa shape index (κ1) is 19.2. The summed E-state index contributed by atoms with van der Waals surface area (Å²) >= 11 is 0. The first-order valence-electron chi connectivity index (χ1n) is 10.2. The van der Waals surface area contributed by atoms with E-state index in [4.69, 9.17) is 4.42 Å². The van der Waals surface area contributed by atoms with Crippen molar-refractivity contribution in [2.24, 2.45) is 0 Å². The minimum absolute atomic E-state index is 0.0825. The van der Waals surface area contributed by atoms with Crippen LogP contribution in [0, 0.1) is 6.92 Å². The van der Waals surface area contributed by atoms with Crippen LogP contribution in [0.3, 0.4) is 0 Å². The Kier molecular flexibility index (Phi) is 4.62. The molecule has 0 atom stereocenters. The van der Waals surface area contributed by atoms with E-state index in [0.717, 1.165) is 27.9 Å². The maximum Gasteiger partial charge on any atom is 0.274 e. The number of hydrogen-bond donors (Lipinski definition) is 2. The summed E-state index contributed by atoms with van der Waals surface area (Å²) in [5.41, 5.74) is 3.52. The molecular weight excluding hydrogens is 394 g/mol. The lowest BCUT2D eigenvalue weighted by molar-refractivity contribution is 0.0715. The summed E-state index contributed by atoms with van der Waals surface area (Å²) in [6, 6.07) is 13.4. The molecule has 0 fully saturated rings. The molecule has 2 N–H and O–H groups in total. The van der Waals surface area contributed by atoms with E-state index in [1.54, 1.807) is 16.8 Å². The quantitative estimate of drug-likeness (QED) is 0.532. The van der Waals surface area contributed by atoms with Crippen LogP contribution in [0.25, 0.3) is 10.9 Å². The third-order valence-electron chi connectivity index (χ3n) is 5.72. The summed E-state index contributed by atoms with van der Waals surface area (Å²) in [6.45, 7) is 3.13. The van der Waals surface area contributed by atoms with Crippen LogP contribution in [-0.4, -0.2) is 50.4 Å². The molecule has 1 aliphatic rings. The Morgan fingerprint density at radius 3 is 2.84 bits per heavy atom. The van der Waals surface area contributed by atoms with Crippen molar-refractivity contribution in [3.63, 3.8) is 0 Å². The fraction of sp³-hybridized carbons (Fsp3) is 0.261. The predicted molar refractivity (Wildman–Crippen MR) is 115 cm³/mol. The van der Waals surface area contributed by atoms with Gasteiger partial charge in [-0.15, -0.1) is 0 Å². The van der Waals surface area contributed by atoms with E-state index in [1.165, 1.54) is 0 Å². The molecule has 0 aliphatic carbocycles. The molecule has 1 aliphatic heterocycles. The van der Waals surface area contributed by atoms with Gasteiger partial charge < -0.3 is 19.2 Å². The molecule has 5 rings (SSSR count). The highest BCUT2D eigenvalue weighted by molar-refractivity contribution is 5.98. The minimum Gasteiger partial charge on any atom is -0.464 e. The number of furan rings is 1. The molecule has 3 aromatic heterocycles. The largest absolute Gasteiger partial charge is 0.464 e. The van der Waals surface area contributed by atoms with Crippen LogP contribution in [0.1, 0.15) is 43.8 Å². The smallest absolute Gasteiger partial charge is 0.274 e. The van der Waals surface area contributed by atoms with Gasteiger partial charge >= 0.3 is 0 Å². The summed E-state index contributed by atoms with van der Waals surface area (Å²) < 4.78 is 5.58. The molecule has 1 aromatic carbocycles. The van der Waals surface area contributed by atoms with Gasteiger partial charge in [0.05, 0.1) is 13.1 Å². The second-order valence-electron chi connectivity index (χ2n) is 7.95. The van der Waals surface area contributed by atoms with Crippen molar-refractivity contribution in [1.29, 1.82) is 0 Å². The van der Waals surface area contributed by atoms with Crippen LogP contribution in [-0.2, 0) is 19.5 Å². The number of aryl methyl sites for hydroxylation is 1. The van der Waals surface area contributed by atoms with Gasteiger partial charge in [-0.1, -0.05) is 18.2 Å². The van der Waals surface area contributed by atoms with E-state index in [-0.39, 0.29) is 11.8 Å². The lowest BCUT2D eigenvalue weighted by atomic mass is 10.0. The fourth-order valence-corrected chi connectivity index (χ4v) is 4.06. The van der Waals surface area contributed by atoms with Crippen molar-refractivity contribution in [2.45, 2.75) is 26.4 Å². The second kappa shape index (κ2) is 7.46. The normalized spacial score (nSPS) is 13.4. The number of benzene rings is 1. The number of para-hydroxylation sites is 1. The number of hydrogen-bond acceptors (Lipinski definition) is 4. The van der Waals surface area contributed by atoms with E-state index in [0.29, 0.717) is 43.2 Å². The number of nitrogens with one attached hydrogen (secondary N) is 2. The van der Waals surface area contributed by atoms with Crippen LogP contribution in [0.2, 0.25) is 0 Å². The van der Waals surface area contributed by atoms with Gasteiger partial charge in [0.15, 0.2) is 5.69 Å². The average molecular weight is 417 g/mol. The molecule has 0 saturated carbocycles. The highest BCUT2D eigenvalue weighted by atomic mass is 16.3. The third-order valence-corrected chi connectivity index (χ3v) is 5.72. The molecule has 0 bridgehead atoms. The van der Waals surface area contributed by atoms with E-state index in [9.17, 15) is 9.59 Å². The number of nitrogens with zero attached hydrogens (tertiary/aromatic N) is 3. The van der Waals surface area contributed by atoms with Crippen LogP contribution >= 0.6 is 0 Å². The van der Waals surface area contributed by atoms with Gasteiger partial charge in [-0.05, 0) is 31.2 Å². The molecule has 0 radical (unpaired) electrons. The van der Waals surface area contributed by atoms with Crippen molar-refractivity contribution in [3.05, 3.63) is 76.6 Å². The fourth-order valence-electron chi connectivity index (χ4n) is 4.06. The number of H-pyrrole nitrogens is 2. The van der Waals surface area contributed by atoms with Crippen molar-refractivity contribution in [1.82, 2.24) is 25.0 Å². The van der Waals surface area contributed by atoms with E-state index in [2.05, 4.69) is 15.2 Å². The minimum atomic E-state index is -0.202. The van der Waals surface area contributed by atoms with Gasteiger partial charge in [-0.3, -0.25) is 14.7 Å². The molecule has 0 spiro atoms. The molecular formula is C23H23N5O3. The van der Waals surface area contributed by atoms with Crippen molar-refractivity contribution in [2.75, 3.05) is 13.6 Å².